The molecule has 0 spiro atoms. The molecule has 0 aliphatic heterocycles. The lowest BCUT2D eigenvalue weighted by atomic mass is 10.2. The molecule has 23 heavy (non-hydrogen) atoms. The normalized spacial score (nSPS) is 12.1. The van der Waals surface area contributed by atoms with Crippen LogP contribution in [0.5, 0.6) is 5.75 Å². The maximum Gasteiger partial charge on any atom is 0.292 e. The number of thiophene rings is 1. The van der Waals surface area contributed by atoms with Gasteiger partial charge in [-0.15, -0.1) is 11.3 Å². The molecule has 0 fully saturated rings. The van der Waals surface area contributed by atoms with Crippen LogP contribution < -0.4 is 5.73 Å². The van der Waals surface area contributed by atoms with Gasteiger partial charge in [0.25, 0.3) is 5.91 Å². The SMILES string of the molecule is CCS(=O)(=O)c1ccc2sc3c(O)c(C([NH])=O)nc(Cl)c3c2c1. The van der Waals surface area contributed by atoms with Crippen LogP contribution in [0.1, 0.15) is 17.4 Å². The fourth-order valence-corrected chi connectivity index (χ4v) is 4.65. The van der Waals surface area contributed by atoms with Gasteiger partial charge in [-0.3, -0.25) is 10.5 Å². The number of carbonyl (C=O) groups excluding carboxylic acids is 1. The molecule has 2 aromatic heterocycles. The second-order valence-corrected chi connectivity index (χ2v) is 8.48. The Balaban J connectivity index is 2.44. The average molecular weight is 370 g/mol. The Kier molecular flexibility index (Phi) is 3.70. The maximum absolute atomic E-state index is 12.0. The van der Waals surface area contributed by atoms with E-state index in [1.807, 2.05) is 0 Å². The van der Waals surface area contributed by atoms with Gasteiger partial charge in [-0.05, 0) is 18.2 Å². The van der Waals surface area contributed by atoms with E-state index in [4.69, 9.17) is 17.3 Å². The first-order valence-corrected chi connectivity index (χ1v) is 9.34. The number of benzene rings is 1. The van der Waals surface area contributed by atoms with E-state index in [1.165, 1.54) is 12.1 Å². The predicted octanol–water partition coefficient (Wildman–Crippen LogP) is 3.03. The molecule has 0 aliphatic carbocycles. The molecule has 3 aromatic rings. The molecule has 1 amide bonds. The van der Waals surface area contributed by atoms with Gasteiger partial charge in [0.1, 0.15) is 5.15 Å². The Morgan fingerprint density at radius 3 is 2.74 bits per heavy atom. The molecule has 2 N–H and O–H groups in total. The van der Waals surface area contributed by atoms with Gasteiger partial charge in [0.05, 0.1) is 15.3 Å². The third-order valence-corrected chi connectivity index (χ3v) is 6.65. The summed E-state index contributed by atoms with van der Waals surface area (Å²) < 4.78 is 25.1. The Bertz CT molecular complexity index is 1070. The lowest BCUT2D eigenvalue weighted by Crippen LogP contribution is -2.03. The number of carbonyl (C=O) groups is 1. The van der Waals surface area contributed by atoms with Crippen molar-refractivity contribution in [1.29, 1.82) is 0 Å². The van der Waals surface area contributed by atoms with Crippen molar-refractivity contribution < 1.29 is 18.3 Å². The summed E-state index contributed by atoms with van der Waals surface area (Å²) in [5.74, 6) is -1.58. The maximum atomic E-state index is 12.0. The Morgan fingerprint density at radius 1 is 1.43 bits per heavy atom. The first-order valence-electron chi connectivity index (χ1n) is 6.49. The molecule has 0 unspecified atom stereocenters. The molecule has 3 rings (SSSR count). The average Bonchev–Trinajstić information content (AvgIpc) is 2.90. The van der Waals surface area contributed by atoms with Gasteiger partial charge in [-0.1, -0.05) is 18.5 Å². The second-order valence-electron chi connectivity index (χ2n) is 4.80. The zero-order chi connectivity index (χ0) is 16.9. The highest BCUT2D eigenvalue weighted by Gasteiger charge is 2.22. The van der Waals surface area contributed by atoms with Crippen LogP contribution in [0.25, 0.3) is 20.2 Å². The summed E-state index contributed by atoms with van der Waals surface area (Å²) in [4.78, 5) is 15.1. The number of hydrogen-bond acceptors (Lipinski definition) is 6. The topological polar surface area (TPSA) is 108 Å². The summed E-state index contributed by atoms with van der Waals surface area (Å²) in [6, 6.07) is 4.61. The summed E-state index contributed by atoms with van der Waals surface area (Å²) in [7, 11) is -3.39. The van der Waals surface area contributed by atoms with Crippen molar-refractivity contribution >= 4 is 58.9 Å². The van der Waals surface area contributed by atoms with Crippen LogP contribution in [0, 0.1) is 0 Å². The van der Waals surface area contributed by atoms with Crippen molar-refractivity contribution in [3.05, 3.63) is 29.0 Å². The van der Waals surface area contributed by atoms with Gasteiger partial charge in [0.2, 0.25) is 0 Å². The summed E-state index contributed by atoms with van der Waals surface area (Å²) in [5.41, 5.74) is 6.69. The largest absolute Gasteiger partial charge is 0.504 e. The van der Waals surface area contributed by atoms with E-state index < -0.39 is 27.2 Å². The molecule has 1 radical (unpaired) electrons. The summed E-state index contributed by atoms with van der Waals surface area (Å²) in [5, 5.41) is 11.0. The molecule has 2 heterocycles. The number of halogens is 1. The van der Waals surface area contributed by atoms with Crippen LogP contribution in [0.3, 0.4) is 0 Å². The number of pyridine rings is 1. The lowest BCUT2D eigenvalue weighted by molar-refractivity contribution is 0.0985. The number of fused-ring (bicyclic) bond motifs is 3. The molecular formula is C14H10ClN2O4S2. The van der Waals surface area contributed by atoms with E-state index in [9.17, 15) is 18.3 Å². The van der Waals surface area contributed by atoms with Crippen molar-refractivity contribution in [2.24, 2.45) is 0 Å². The van der Waals surface area contributed by atoms with Crippen molar-refractivity contribution in [3.8, 4) is 5.75 Å². The number of aromatic hydroxyl groups is 1. The van der Waals surface area contributed by atoms with Crippen LogP contribution in [-0.2, 0) is 9.84 Å². The highest BCUT2D eigenvalue weighted by Crippen LogP contribution is 2.43. The van der Waals surface area contributed by atoms with Crippen LogP contribution >= 0.6 is 22.9 Å². The monoisotopic (exact) mass is 369 g/mol. The van der Waals surface area contributed by atoms with E-state index in [0.717, 1.165) is 11.3 Å². The third kappa shape index (κ3) is 2.43. The predicted molar refractivity (Wildman–Crippen MR) is 89.0 cm³/mol. The molecule has 0 bridgehead atoms. The van der Waals surface area contributed by atoms with Crippen LogP contribution in [0.2, 0.25) is 5.15 Å². The number of sulfone groups is 1. The minimum absolute atomic E-state index is 0.0324. The van der Waals surface area contributed by atoms with E-state index in [1.54, 1.807) is 13.0 Å². The lowest BCUT2D eigenvalue weighted by Gasteiger charge is -2.03. The fraction of sp³-hybridized carbons (Fsp3) is 0.143. The molecule has 0 saturated heterocycles. The van der Waals surface area contributed by atoms with Gasteiger partial charge in [0, 0.05) is 15.5 Å². The number of hydrogen-bond donors (Lipinski definition) is 1. The quantitative estimate of drug-likeness (QED) is 0.714. The van der Waals surface area contributed by atoms with Crippen LogP contribution in [0.4, 0.5) is 0 Å². The van der Waals surface area contributed by atoms with Gasteiger partial charge in [0.15, 0.2) is 21.3 Å². The van der Waals surface area contributed by atoms with E-state index in [-0.39, 0.29) is 15.8 Å². The Labute approximate surface area is 140 Å². The third-order valence-electron chi connectivity index (χ3n) is 3.47. The summed E-state index contributed by atoms with van der Waals surface area (Å²) in [6.45, 7) is 1.55. The zero-order valence-electron chi connectivity index (χ0n) is 11.8. The van der Waals surface area contributed by atoms with Gasteiger partial charge < -0.3 is 5.11 Å². The van der Waals surface area contributed by atoms with Gasteiger partial charge >= 0.3 is 0 Å². The van der Waals surface area contributed by atoms with E-state index in [0.29, 0.717) is 20.2 Å². The molecule has 6 nitrogen and oxygen atoms in total. The first-order chi connectivity index (χ1) is 10.8. The standard InChI is InChI=1S/C14H10ClN2O4S2/c1-2-23(20,21)6-3-4-8-7(5-6)9-12(22-8)11(18)10(14(16)19)17-13(9)15/h3-5,16,18H,2H2,1H3. The number of amides is 1. The number of nitrogens with zero attached hydrogens (tertiary/aromatic N) is 1. The summed E-state index contributed by atoms with van der Waals surface area (Å²) in [6.07, 6.45) is 0. The molecule has 0 aliphatic rings. The zero-order valence-corrected chi connectivity index (χ0v) is 14.1. The van der Waals surface area contributed by atoms with Crippen molar-refractivity contribution in [2.75, 3.05) is 5.75 Å². The number of rotatable bonds is 3. The van der Waals surface area contributed by atoms with E-state index >= 15 is 0 Å². The summed E-state index contributed by atoms with van der Waals surface area (Å²) >= 11 is 7.25. The second kappa shape index (κ2) is 5.33. The van der Waals surface area contributed by atoms with Gasteiger partial charge in [-0.2, -0.15) is 0 Å². The number of aromatic nitrogens is 1. The van der Waals surface area contributed by atoms with Crippen LogP contribution in [0.15, 0.2) is 23.1 Å². The molecule has 119 valence electrons. The highest BCUT2D eigenvalue weighted by atomic mass is 35.5. The first kappa shape index (κ1) is 16.0. The number of nitrogens with one attached hydrogen (secondary N) is 1. The molecule has 1 aromatic carbocycles. The molecule has 0 saturated carbocycles. The van der Waals surface area contributed by atoms with Crippen molar-refractivity contribution in [1.82, 2.24) is 10.7 Å². The molecule has 0 atom stereocenters. The smallest absolute Gasteiger partial charge is 0.292 e. The Hall–Kier alpha value is -1.90. The minimum Gasteiger partial charge on any atom is -0.504 e. The highest BCUT2D eigenvalue weighted by molar-refractivity contribution is 7.91. The minimum atomic E-state index is -3.39. The Morgan fingerprint density at radius 2 is 2.13 bits per heavy atom. The van der Waals surface area contributed by atoms with Crippen LogP contribution in [-0.4, -0.2) is 30.2 Å². The van der Waals surface area contributed by atoms with Crippen molar-refractivity contribution in [3.63, 3.8) is 0 Å². The van der Waals surface area contributed by atoms with Gasteiger partial charge in [-0.25, -0.2) is 13.4 Å². The molecule has 9 heteroatoms. The van der Waals surface area contributed by atoms with E-state index in [2.05, 4.69) is 4.98 Å². The van der Waals surface area contributed by atoms with Crippen molar-refractivity contribution in [2.45, 2.75) is 11.8 Å². The fourth-order valence-electron chi connectivity index (χ4n) is 2.28. The molecular weight excluding hydrogens is 360 g/mol.